The average molecular weight is 386 g/mol. The van der Waals surface area contributed by atoms with E-state index in [1.54, 1.807) is 18.2 Å². The largest absolute Gasteiger partial charge is 0.387 e. The number of aliphatic hydroxyl groups is 1. The van der Waals surface area contributed by atoms with E-state index in [0.29, 0.717) is 31.6 Å². The number of amides is 4. The van der Waals surface area contributed by atoms with Crippen molar-refractivity contribution in [2.24, 2.45) is 0 Å². The van der Waals surface area contributed by atoms with Crippen molar-refractivity contribution in [1.29, 1.82) is 0 Å². The smallest absolute Gasteiger partial charge is 0.262 e. The van der Waals surface area contributed by atoms with Crippen molar-refractivity contribution in [3.05, 3.63) is 34.9 Å². The molecule has 0 saturated carbocycles. The highest BCUT2D eigenvalue weighted by molar-refractivity contribution is 6.24. The van der Waals surface area contributed by atoms with Gasteiger partial charge >= 0.3 is 0 Å². The highest BCUT2D eigenvalue weighted by Gasteiger charge is 2.45. The van der Waals surface area contributed by atoms with Crippen LogP contribution in [0.3, 0.4) is 0 Å². The Morgan fingerprint density at radius 2 is 2.04 bits per heavy atom. The van der Waals surface area contributed by atoms with Gasteiger partial charge < -0.3 is 15.7 Å². The van der Waals surface area contributed by atoms with E-state index >= 15 is 0 Å². The number of piperidine rings is 1. The van der Waals surface area contributed by atoms with Crippen LogP contribution in [0.1, 0.15) is 45.5 Å². The summed E-state index contributed by atoms with van der Waals surface area (Å²) in [5.41, 5.74) is 0.355. The van der Waals surface area contributed by atoms with E-state index in [9.17, 15) is 24.3 Å². The predicted octanol–water partition coefficient (Wildman–Crippen LogP) is -1.10. The van der Waals surface area contributed by atoms with Crippen LogP contribution in [0.25, 0.3) is 0 Å². The molecule has 4 N–H and O–H groups in total. The lowest BCUT2D eigenvalue weighted by Gasteiger charge is -2.27. The van der Waals surface area contributed by atoms with Crippen LogP contribution < -0.4 is 16.0 Å². The van der Waals surface area contributed by atoms with Gasteiger partial charge in [0.1, 0.15) is 6.04 Å². The Morgan fingerprint density at radius 3 is 2.75 bits per heavy atom. The molecule has 1 aromatic carbocycles. The second-order valence-corrected chi connectivity index (χ2v) is 7.54. The first-order valence-corrected chi connectivity index (χ1v) is 9.37. The van der Waals surface area contributed by atoms with Gasteiger partial charge in [-0.05, 0) is 31.0 Å². The maximum atomic E-state index is 13.0. The number of benzene rings is 1. The van der Waals surface area contributed by atoms with Crippen molar-refractivity contribution in [3.8, 4) is 0 Å². The van der Waals surface area contributed by atoms with Crippen molar-refractivity contribution >= 4 is 23.6 Å². The van der Waals surface area contributed by atoms with E-state index in [-0.39, 0.29) is 24.0 Å². The van der Waals surface area contributed by atoms with E-state index in [4.69, 9.17) is 0 Å². The number of nitrogens with one attached hydrogen (secondary N) is 3. The van der Waals surface area contributed by atoms with Crippen molar-refractivity contribution in [2.45, 2.75) is 37.5 Å². The molecule has 9 heteroatoms. The van der Waals surface area contributed by atoms with Crippen LogP contribution in [0.2, 0.25) is 0 Å². The standard InChI is InChI=1S/C19H22N4O5/c24-14-5-4-13(16(25)22-14)23-17(26)12-3-1-2-11(15(12)18(23)27)8-21-10-19(28)6-7-20-9-19/h1-3,13,20-21,28H,4-10H2,(H,22,24,25). The van der Waals surface area contributed by atoms with Crippen LogP contribution in [-0.4, -0.2) is 64.9 Å². The van der Waals surface area contributed by atoms with Crippen molar-refractivity contribution in [1.82, 2.24) is 20.9 Å². The minimum Gasteiger partial charge on any atom is -0.387 e. The molecule has 4 amide bonds. The Labute approximate surface area is 161 Å². The highest BCUT2D eigenvalue weighted by Crippen LogP contribution is 2.30. The van der Waals surface area contributed by atoms with Gasteiger partial charge in [-0.15, -0.1) is 0 Å². The van der Waals surface area contributed by atoms with E-state index in [0.717, 1.165) is 11.4 Å². The van der Waals surface area contributed by atoms with Gasteiger partial charge in [0.05, 0.1) is 16.7 Å². The Bertz CT molecular complexity index is 862. The minimum absolute atomic E-state index is 0.0881. The van der Waals surface area contributed by atoms with E-state index < -0.39 is 35.3 Å². The molecule has 0 aliphatic carbocycles. The van der Waals surface area contributed by atoms with Crippen molar-refractivity contribution in [2.75, 3.05) is 19.6 Å². The molecule has 1 aromatic rings. The Morgan fingerprint density at radius 1 is 1.21 bits per heavy atom. The van der Waals surface area contributed by atoms with Crippen molar-refractivity contribution in [3.63, 3.8) is 0 Å². The maximum Gasteiger partial charge on any atom is 0.262 e. The number of β-amino-alcohol motifs (C(OH)–C–C–N with tert-alkyl or cyclic N) is 1. The molecule has 148 valence electrons. The van der Waals surface area contributed by atoms with E-state index in [1.807, 2.05) is 0 Å². The summed E-state index contributed by atoms with van der Waals surface area (Å²) in [6, 6.07) is 4.04. The SMILES string of the molecule is O=C1CCC(N2C(=O)c3cccc(CNCC4(O)CCNC4)c3C2=O)C(=O)N1. The van der Waals surface area contributed by atoms with Crippen LogP contribution in [0.4, 0.5) is 0 Å². The monoisotopic (exact) mass is 386 g/mol. The zero-order chi connectivity index (χ0) is 19.9. The Hall–Kier alpha value is -2.62. The molecular weight excluding hydrogens is 364 g/mol. The molecule has 2 unspecified atom stereocenters. The maximum absolute atomic E-state index is 13.0. The number of imide groups is 2. The number of carbonyl (C=O) groups excluding carboxylic acids is 4. The Balaban J connectivity index is 1.52. The second-order valence-electron chi connectivity index (χ2n) is 7.54. The first kappa shape index (κ1) is 18.7. The zero-order valence-electron chi connectivity index (χ0n) is 15.3. The third-order valence-electron chi connectivity index (χ3n) is 5.55. The average Bonchev–Trinajstić information content (AvgIpc) is 3.19. The molecule has 2 saturated heterocycles. The number of nitrogens with zero attached hydrogens (tertiary/aromatic N) is 1. The fourth-order valence-corrected chi connectivity index (χ4v) is 4.04. The first-order chi connectivity index (χ1) is 13.4. The molecular formula is C19H22N4O5. The number of hydrogen-bond donors (Lipinski definition) is 4. The lowest BCUT2D eigenvalue weighted by molar-refractivity contribution is -0.136. The molecule has 2 fully saturated rings. The summed E-state index contributed by atoms with van der Waals surface area (Å²) in [7, 11) is 0. The minimum atomic E-state index is -0.976. The van der Waals surface area contributed by atoms with Gasteiger partial charge in [-0.25, -0.2) is 0 Å². The van der Waals surface area contributed by atoms with Gasteiger partial charge in [0.15, 0.2) is 0 Å². The number of carbonyl (C=O) groups is 4. The molecule has 9 nitrogen and oxygen atoms in total. The van der Waals surface area contributed by atoms with Gasteiger partial charge in [0.2, 0.25) is 11.8 Å². The lowest BCUT2D eigenvalue weighted by Crippen LogP contribution is -2.54. The van der Waals surface area contributed by atoms with Crippen LogP contribution in [0.15, 0.2) is 18.2 Å². The van der Waals surface area contributed by atoms with Gasteiger partial charge in [-0.3, -0.25) is 29.4 Å². The van der Waals surface area contributed by atoms with Gasteiger partial charge in [0.25, 0.3) is 11.8 Å². The summed E-state index contributed by atoms with van der Waals surface area (Å²) in [5.74, 6) is -2.06. The molecule has 0 radical (unpaired) electrons. The van der Waals surface area contributed by atoms with E-state index in [1.165, 1.54) is 0 Å². The molecule has 28 heavy (non-hydrogen) atoms. The van der Waals surface area contributed by atoms with Crippen LogP contribution >= 0.6 is 0 Å². The summed E-state index contributed by atoms with van der Waals surface area (Å²) in [6.45, 7) is 1.94. The summed E-state index contributed by atoms with van der Waals surface area (Å²) in [4.78, 5) is 50.3. The molecule has 3 heterocycles. The fourth-order valence-electron chi connectivity index (χ4n) is 4.04. The van der Waals surface area contributed by atoms with Crippen LogP contribution in [0, 0.1) is 0 Å². The fraction of sp³-hybridized carbons (Fsp3) is 0.474. The predicted molar refractivity (Wildman–Crippen MR) is 97.3 cm³/mol. The highest BCUT2D eigenvalue weighted by atomic mass is 16.3. The van der Waals surface area contributed by atoms with Gasteiger partial charge in [0, 0.05) is 26.1 Å². The topological polar surface area (TPSA) is 128 Å². The van der Waals surface area contributed by atoms with Crippen molar-refractivity contribution < 1.29 is 24.3 Å². The number of rotatable bonds is 5. The lowest BCUT2D eigenvalue weighted by atomic mass is 10.0. The van der Waals surface area contributed by atoms with Gasteiger partial charge in [-0.1, -0.05) is 12.1 Å². The molecule has 0 aromatic heterocycles. The number of hydrogen-bond acceptors (Lipinski definition) is 7. The summed E-state index contributed by atoms with van der Waals surface area (Å²) < 4.78 is 0. The van der Waals surface area contributed by atoms with Crippen LogP contribution in [0.5, 0.6) is 0 Å². The molecule has 0 bridgehead atoms. The zero-order valence-corrected chi connectivity index (χ0v) is 15.3. The first-order valence-electron chi connectivity index (χ1n) is 9.37. The molecule has 0 spiro atoms. The number of fused-ring (bicyclic) bond motifs is 1. The summed E-state index contributed by atoms with van der Waals surface area (Å²) >= 11 is 0. The molecule has 2 atom stereocenters. The van der Waals surface area contributed by atoms with Gasteiger partial charge in [-0.2, -0.15) is 0 Å². The van der Waals surface area contributed by atoms with E-state index in [2.05, 4.69) is 16.0 Å². The third-order valence-corrected chi connectivity index (χ3v) is 5.55. The quantitative estimate of drug-likeness (QED) is 0.473. The second kappa shape index (κ2) is 7.08. The molecule has 4 rings (SSSR count). The summed E-state index contributed by atoms with van der Waals surface area (Å²) in [6.07, 6.45) is 0.863. The summed E-state index contributed by atoms with van der Waals surface area (Å²) in [5, 5.41) is 18.9. The normalized spacial score (nSPS) is 27.3. The van der Waals surface area contributed by atoms with Crippen LogP contribution in [-0.2, 0) is 16.1 Å². The Kier molecular flexibility index (Phi) is 4.74. The molecule has 3 aliphatic heterocycles. The molecule has 3 aliphatic rings. The third kappa shape index (κ3) is 3.21.